The lowest BCUT2D eigenvalue weighted by molar-refractivity contribution is -0.671. The fourth-order valence-corrected chi connectivity index (χ4v) is 2.04. The van der Waals surface area contributed by atoms with Crippen LogP contribution in [0.3, 0.4) is 0 Å². The van der Waals surface area contributed by atoms with Gasteiger partial charge in [0.15, 0.2) is 0 Å². The number of hydrogen-bond acceptors (Lipinski definition) is 8. The van der Waals surface area contributed by atoms with E-state index in [0.29, 0.717) is 39.6 Å². The van der Waals surface area contributed by atoms with Crippen molar-refractivity contribution in [1.82, 2.24) is 4.57 Å². The standard InChI is InChI=1S/C10H23O8P.C6H11N2/c1-13-3-4-15-5-6-16-7-8-17-9-10-18-19(11,12)14-2;1-3-8-5-4-7(2)6-8/h3-10H2,1-2H3,(H,11,12);4-6H,3H2,1-2H3/q;+1/p-1. The summed E-state index contributed by atoms with van der Waals surface area (Å²) in [6.45, 7) is 6.11. The summed E-state index contributed by atoms with van der Waals surface area (Å²) < 4.78 is 43.8. The molecule has 0 aliphatic rings. The molecule has 0 aliphatic carbocycles. The van der Waals surface area contributed by atoms with Crippen molar-refractivity contribution < 1.29 is 42.0 Å². The Balaban J connectivity index is 0.000000694. The molecule has 0 saturated carbocycles. The Bertz CT molecular complexity index is 501. The zero-order chi connectivity index (χ0) is 20.4. The van der Waals surface area contributed by atoms with Gasteiger partial charge in [-0.3, -0.25) is 4.57 Å². The number of methoxy groups -OCH3 is 1. The summed E-state index contributed by atoms with van der Waals surface area (Å²) in [5, 5.41) is 0. The van der Waals surface area contributed by atoms with E-state index in [1.807, 2.05) is 17.8 Å². The van der Waals surface area contributed by atoms with Gasteiger partial charge in [0.25, 0.3) is 7.82 Å². The Morgan fingerprint density at radius 1 is 0.963 bits per heavy atom. The van der Waals surface area contributed by atoms with Crippen molar-refractivity contribution in [1.29, 1.82) is 0 Å². The molecule has 0 spiro atoms. The molecule has 0 aromatic carbocycles. The number of aromatic nitrogens is 2. The van der Waals surface area contributed by atoms with Gasteiger partial charge < -0.3 is 32.9 Å². The molecule has 0 amide bonds. The molecule has 0 saturated heterocycles. The molecule has 0 aliphatic heterocycles. The lowest BCUT2D eigenvalue weighted by Gasteiger charge is -2.19. The molecular formula is C16H33N2O8P. The fourth-order valence-electron chi connectivity index (χ4n) is 1.63. The first-order chi connectivity index (χ1) is 12.9. The lowest BCUT2D eigenvalue weighted by atomic mass is 10.7. The van der Waals surface area contributed by atoms with Gasteiger partial charge >= 0.3 is 0 Å². The van der Waals surface area contributed by atoms with Crippen LogP contribution in [0.25, 0.3) is 0 Å². The van der Waals surface area contributed by atoms with Crippen LogP contribution in [0.2, 0.25) is 0 Å². The van der Waals surface area contributed by atoms with E-state index >= 15 is 0 Å². The maximum atomic E-state index is 10.8. The number of phosphoric ester groups is 1. The van der Waals surface area contributed by atoms with Gasteiger partial charge in [-0.05, 0) is 6.92 Å². The quantitative estimate of drug-likeness (QED) is 0.228. The van der Waals surface area contributed by atoms with E-state index in [1.54, 1.807) is 7.11 Å². The van der Waals surface area contributed by atoms with Crippen molar-refractivity contribution in [3.63, 3.8) is 0 Å². The van der Waals surface area contributed by atoms with Crippen molar-refractivity contribution in [2.45, 2.75) is 13.5 Å². The monoisotopic (exact) mass is 412 g/mol. The highest BCUT2D eigenvalue weighted by molar-refractivity contribution is 7.45. The number of nitrogens with zero attached hydrogens (tertiary/aromatic N) is 2. The highest BCUT2D eigenvalue weighted by atomic mass is 31.2. The van der Waals surface area contributed by atoms with Crippen molar-refractivity contribution in [3.8, 4) is 0 Å². The minimum absolute atomic E-state index is 0.0747. The second-order valence-corrected chi connectivity index (χ2v) is 6.72. The van der Waals surface area contributed by atoms with E-state index in [9.17, 15) is 9.46 Å². The third-order valence-corrected chi connectivity index (χ3v) is 4.01. The van der Waals surface area contributed by atoms with Crippen LogP contribution in [0, 0.1) is 0 Å². The predicted octanol–water partition coefficient (Wildman–Crippen LogP) is 0.147. The molecule has 160 valence electrons. The Morgan fingerprint density at radius 2 is 1.48 bits per heavy atom. The molecular weight excluding hydrogens is 379 g/mol. The third-order valence-electron chi connectivity index (χ3n) is 3.07. The third kappa shape index (κ3) is 17.0. The number of phosphoric acid groups is 1. The zero-order valence-corrected chi connectivity index (χ0v) is 17.6. The van der Waals surface area contributed by atoms with Gasteiger partial charge in [0.1, 0.15) is 12.4 Å². The molecule has 0 radical (unpaired) electrons. The maximum absolute atomic E-state index is 10.8. The van der Waals surface area contributed by atoms with E-state index in [0.717, 1.165) is 13.7 Å². The normalized spacial score (nSPS) is 13.1. The smallest absolute Gasteiger partial charge is 0.267 e. The van der Waals surface area contributed by atoms with Crippen molar-refractivity contribution in [2.24, 2.45) is 7.05 Å². The summed E-state index contributed by atoms with van der Waals surface area (Å²) in [6, 6.07) is 0. The van der Waals surface area contributed by atoms with Crippen LogP contribution in [0.5, 0.6) is 0 Å². The first-order valence-corrected chi connectivity index (χ1v) is 10.2. The summed E-state index contributed by atoms with van der Waals surface area (Å²) in [4.78, 5) is 10.8. The summed E-state index contributed by atoms with van der Waals surface area (Å²) >= 11 is 0. The van der Waals surface area contributed by atoms with Crippen LogP contribution in [-0.2, 0) is 46.2 Å². The minimum atomic E-state index is -4.14. The predicted molar refractivity (Wildman–Crippen MR) is 96.2 cm³/mol. The molecule has 0 bridgehead atoms. The van der Waals surface area contributed by atoms with Gasteiger partial charge in [-0.1, -0.05) is 0 Å². The lowest BCUT2D eigenvalue weighted by Crippen LogP contribution is -2.23. The highest BCUT2D eigenvalue weighted by Gasteiger charge is 2.04. The van der Waals surface area contributed by atoms with Gasteiger partial charge in [-0.25, -0.2) is 9.13 Å². The Kier molecular flexibility index (Phi) is 16.7. The first kappa shape index (κ1) is 26.2. The molecule has 1 heterocycles. The Labute approximate surface area is 161 Å². The van der Waals surface area contributed by atoms with E-state index in [4.69, 9.17) is 18.9 Å². The molecule has 27 heavy (non-hydrogen) atoms. The molecule has 11 heteroatoms. The summed E-state index contributed by atoms with van der Waals surface area (Å²) in [5.74, 6) is 0. The minimum Gasteiger partial charge on any atom is -0.756 e. The number of ether oxygens (including phenoxy) is 4. The summed E-state index contributed by atoms with van der Waals surface area (Å²) in [7, 11) is 0.528. The average molecular weight is 412 g/mol. The Morgan fingerprint density at radius 3 is 1.85 bits per heavy atom. The van der Waals surface area contributed by atoms with E-state index < -0.39 is 7.82 Å². The topological polar surface area (TPSA) is 104 Å². The van der Waals surface area contributed by atoms with Gasteiger partial charge in [0.2, 0.25) is 6.33 Å². The molecule has 0 fully saturated rings. The number of aryl methyl sites for hydroxylation is 2. The molecule has 1 aromatic rings. The largest absolute Gasteiger partial charge is 0.756 e. The van der Waals surface area contributed by atoms with E-state index in [2.05, 4.69) is 33.1 Å². The van der Waals surface area contributed by atoms with Crippen LogP contribution in [0.1, 0.15) is 6.92 Å². The van der Waals surface area contributed by atoms with Crippen LogP contribution in [-0.4, -0.2) is 71.6 Å². The second-order valence-electron chi connectivity index (χ2n) is 5.20. The van der Waals surface area contributed by atoms with E-state index in [1.165, 1.54) is 0 Å². The van der Waals surface area contributed by atoms with Crippen LogP contribution >= 0.6 is 7.82 Å². The van der Waals surface area contributed by atoms with Crippen molar-refractivity contribution >= 4 is 7.82 Å². The number of hydrogen-bond donors (Lipinski definition) is 0. The molecule has 1 unspecified atom stereocenters. The molecule has 1 atom stereocenters. The van der Waals surface area contributed by atoms with E-state index in [-0.39, 0.29) is 13.2 Å². The summed E-state index contributed by atoms with van der Waals surface area (Å²) in [5.41, 5.74) is 0. The Hall–Kier alpha value is -0.840. The zero-order valence-electron chi connectivity index (χ0n) is 16.7. The molecule has 0 N–H and O–H groups in total. The van der Waals surface area contributed by atoms with Gasteiger partial charge in [-0.15, -0.1) is 0 Å². The SMILES string of the molecule is CCn1cc[n+](C)c1.COCCOCCOCCOCCOP(=O)([O-])OC. The summed E-state index contributed by atoms with van der Waals surface area (Å²) in [6.07, 6.45) is 6.14. The fraction of sp³-hybridized carbons (Fsp3) is 0.812. The van der Waals surface area contributed by atoms with Gasteiger partial charge in [0.05, 0.1) is 66.4 Å². The number of imidazole rings is 1. The number of rotatable bonds is 15. The van der Waals surface area contributed by atoms with Crippen molar-refractivity contribution in [3.05, 3.63) is 18.7 Å². The van der Waals surface area contributed by atoms with Crippen LogP contribution in [0.4, 0.5) is 0 Å². The van der Waals surface area contributed by atoms with Crippen molar-refractivity contribution in [2.75, 3.05) is 67.1 Å². The first-order valence-electron chi connectivity index (χ1n) is 8.69. The molecule has 1 rings (SSSR count). The second kappa shape index (κ2) is 17.3. The molecule has 1 aromatic heterocycles. The molecule has 10 nitrogen and oxygen atoms in total. The van der Waals surface area contributed by atoms with Crippen LogP contribution < -0.4 is 9.46 Å². The maximum Gasteiger partial charge on any atom is 0.267 e. The van der Waals surface area contributed by atoms with Crippen LogP contribution in [0.15, 0.2) is 18.7 Å². The van der Waals surface area contributed by atoms with Gasteiger partial charge in [-0.2, -0.15) is 0 Å². The highest BCUT2D eigenvalue weighted by Crippen LogP contribution is 2.36. The average Bonchev–Trinajstić information content (AvgIpc) is 3.09. The van der Waals surface area contributed by atoms with Gasteiger partial charge in [0, 0.05) is 14.2 Å².